The van der Waals surface area contributed by atoms with Crippen molar-refractivity contribution in [2.24, 2.45) is 11.7 Å². The van der Waals surface area contributed by atoms with Crippen LogP contribution in [0.1, 0.15) is 33.1 Å². The second-order valence-corrected chi connectivity index (χ2v) is 5.21. The van der Waals surface area contributed by atoms with Crippen LogP contribution in [-0.4, -0.2) is 30.5 Å². The van der Waals surface area contributed by atoms with Gasteiger partial charge in [0.15, 0.2) is 0 Å². The second-order valence-electron chi connectivity index (χ2n) is 4.23. The molecule has 0 saturated carbocycles. The van der Waals surface area contributed by atoms with Gasteiger partial charge >= 0.3 is 0 Å². The molecule has 3 nitrogen and oxygen atoms in total. The molecule has 90 valence electrons. The molecule has 1 amide bonds. The Hall–Kier alpha value is -0.220. The number of amides is 1. The Morgan fingerprint density at radius 3 is 2.60 bits per heavy atom. The molecule has 0 bridgehead atoms. The highest BCUT2D eigenvalue weighted by Gasteiger charge is 2.11. The van der Waals surface area contributed by atoms with E-state index >= 15 is 0 Å². The number of carbonyl (C=O) groups excluding carboxylic acids is 1. The van der Waals surface area contributed by atoms with Gasteiger partial charge in [0.25, 0.3) is 0 Å². The van der Waals surface area contributed by atoms with E-state index in [1.165, 1.54) is 0 Å². The molecule has 0 aliphatic heterocycles. The number of rotatable bonds is 8. The Bertz CT molecular complexity index is 174. The number of nitrogens with two attached hydrogens (primary N) is 1. The van der Waals surface area contributed by atoms with Crippen molar-refractivity contribution >= 4 is 17.7 Å². The molecule has 0 aromatic carbocycles. The van der Waals surface area contributed by atoms with Crippen LogP contribution in [0.4, 0.5) is 0 Å². The van der Waals surface area contributed by atoms with Crippen LogP contribution in [0.5, 0.6) is 0 Å². The Kier molecular flexibility index (Phi) is 8.91. The molecule has 0 saturated heterocycles. The highest BCUT2D eigenvalue weighted by atomic mass is 32.2. The summed E-state index contributed by atoms with van der Waals surface area (Å²) in [5.41, 5.74) is 5.61. The van der Waals surface area contributed by atoms with E-state index in [9.17, 15) is 4.79 Å². The molecule has 3 N–H and O–H groups in total. The van der Waals surface area contributed by atoms with Crippen LogP contribution >= 0.6 is 11.8 Å². The summed E-state index contributed by atoms with van der Waals surface area (Å²) in [7, 11) is 0. The van der Waals surface area contributed by atoms with Crippen molar-refractivity contribution in [2.75, 3.05) is 18.6 Å². The predicted octanol–water partition coefficient (Wildman–Crippen LogP) is 1.62. The third-order valence-corrected chi connectivity index (χ3v) is 2.85. The standard InChI is InChI=1S/C11H24N2OS/c1-9(2)7-10(8-12)13-11(14)5-4-6-15-3/h9-10H,4-8,12H2,1-3H3,(H,13,14). The van der Waals surface area contributed by atoms with Crippen LogP contribution < -0.4 is 11.1 Å². The Morgan fingerprint density at radius 2 is 2.13 bits per heavy atom. The van der Waals surface area contributed by atoms with Gasteiger partial charge in [0.2, 0.25) is 5.91 Å². The van der Waals surface area contributed by atoms with E-state index in [-0.39, 0.29) is 11.9 Å². The molecule has 0 aromatic heterocycles. The van der Waals surface area contributed by atoms with Crippen molar-refractivity contribution in [3.63, 3.8) is 0 Å². The fourth-order valence-corrected chi connectivity index (χ4v) is 1.89. The largest absolute Gasteiger partial charge is 0.352 e. The van der Waals surface area contributed by atoms with Gasteiger partial charge in [-0.2, -0.15) is 11.8 Å². The van der Waals surface area contributed by atoms with Crippen LogP contribution in [0.25, 0.3) is 0 Å². The summed E-state index contributed by atoms with van der Waals surface area (Å²) in [6, 6.07) is 0.145. The first-order valence-electron chi connectivity index (χ1n) is 5.58. The summed E-state index contributed by atoms with van der Waals surface area (Å²) in [5, 5.41) is 2.98. The smallest absolute Gasteiger partial charge is 0.220 e. The van der Waals surface area contributed by atoms with Gasteiger partial charge in [-0.15, -0.1) is 0 Å². The van der Waals surface area contributed by atoms with Gasteiger partial charge in [-0.3, -0.25) is 4.79 Å². The van der Waals surface area contributed by atoms with Crippen molar-refractivity contribution in [1.82, 2.24) is 5.32 Å². The van der Waals surface area contributed by atoms with E-state index in [0.717, 1.165) is 18.6 Å². The molecule has 0 aliphatic rings. The normalized spacial score (nSPS) is 12.9. The van der Waals surface area contributed by atoms with Crippen LogP contribution in [0, 0.1) is 5.92 Å². The highest BCUT2D eigenvalue weighted by Crippen LogP contribution is 2.05. The van der Waals surface area contributed by atoms with Gasteiger partial charge < -0.3 is 11.1 Å². The molecule has 0 radical (unpaired) electrons. The lowest BCUT2D eigenvalue weighted by atomic mass is 10.0. The summed E-state index contributed by atoms with van der Waals surface area (Å²) in [6.07, 6.45) is 4.59. The number of hydrogen-bond donors (Lipinski definition) is 2. The monoisotopic (exact) mass is 232 g/mol. The first-order chi connectivity index (χ1) is 7.10. The van der Waals surface area contributed by atoms with Gasteiger partial charge in [-0.1, -0.05) is 13.8 Å². The molecule has 1 unspecified atom stereocenters. The topological polar surface area (TPSA) is 55.1 Å². The molecular weight excluding hydrogens is 208 g/mol. The SMILES string of the molecule is CSCCCC(=O)NC(CN)CC(C)C. The Balaban J connectivity index is 3.70. The third kappa shape index (κ3) is 8.75. The average molecular weight is 232 g/mol. The van der Waals surface area contributed by atoms with E-state index in [0.29, 0.717) is 18.9 Å². The Labute approximate surface area is 97.6 Å². The summed E-state index contributed by atoms with van der Waals surface area (Å²) < 4.78 is 0. The van der Waals surface area contributed by atoms with Crippen molar-refractivity contribution in [2.45, 2.75) is 39.2 Å². The van der Waals surface area contributed by atoms with Crippen LogP contribution in [0.15, 0.2) is 0 Å². The fourth-order valence-electron chi connectivity index (χ4n) is 1.46. The molecule has 15 heavy (non-hydrogen) atoms. The number of nitrogens with one attached hydrogen (secondary N) is 1. The number of thioether (sulfide) groups is 1. The van der Waals surface area contributed by atoms with E-state index in [2.05, 4.69) is 25.4 Å². The first kappa shape index (κ1) is 14.8. The van der Waals surface area contributed by atoms with Crippen LogP contribution in [-0.2, 0) is 4.79 Å². The first-order valence-corrected chi connectivity index (χ1v) is 6.97. The van der Waals surface area contributed by atoms with Crippen LogP contribution in [0.2, 0.25) is 0 Å². The summed E-state index contributed by atoms with van der Waals surface area (Å²) in [4.78, 5) is 11.5. The predicted molar refractivity (Wildman–Crippen MR) is 68.1 cm³/mol. The number of carbonyl (C=O) groups is 1. The molecule has 0 aromatic rings. The van der Waals surface area contributed by atoms with Crippen LogP contribution in [0.3, 0.4) is 0 Å². The van der Waals surface area contributed by atoms with E-state index in [1.54, 1.807) is 11.8 Å². The molecule has 0 heterocycles. The second kappa shape index (κ2) is 9.04. The zero-order chi connectivity index (χ0) is 11.7. The average Bonchev–Trinajstić information content (AvgIpc) is 2.16. The maximum absolute atomic E-state index is 11.5. The lowest BCUT2D eigenvalue weighted by Gasteiger charge is -2.18. The minimum absolute atomic E-state index is 0.139. The number of hydrogen-bond acceptors (Lipinski definition) is 3. The molecule has 0 rings (SSSR count). The fraction of sp³-hybridized carbons (Fsp3) is 0.909. The molecule has 1 atom stereocenters. The van der Waals surface area contributed by atoms with Crippen molar-refractivity contribution < 1.29 is 4.79 Å². The van der Waals surface area contributed by atoms with Gasteiger partial charge in [0.05, 0.1) is 0 Å². The van der Waals surface area contributed by atoms with Crippen molar-refractivity contribution in [3.05, 3.63) is 0 Å². The maximum atomic E-state index is 11.5. The van der Waals surface area contributed by atoms with Crippen molar-refractivity contribution in [3.8, 4) is 0 Å². The van der Waals surface area contributed by atoms with E-state index < -0.39 is 0 Å². The maximum Gasteiger partial charge on any atom is 0.220 e. The van der Waals surface area contributed by atoms with E-state index in [4.69, 9.17) is 5.73 Å². The van der Waals surface area contributed by atoms with Gasteiger partial charge in [0.1, 0.15) is 0 Å². The molecular formula is C11H24N2OS. The molecule has 0 aliphatic carbocycles. The van der Waals surface area contributed by atoms with Gasteiger partial charge in [0, 0.05) is 19.0 Å². The lowest BCUT2D eigenvalue weighted by molar-refractivity contribution is -0.121. The van der Waals surface area contributed by atoms with Gasteiger partial charge in [-0.05, 0) is 30.8 Å². The molecule has 4 heteroatoms. The van der Waals surface area contributed by atoms with E-state index in [1.807, 2.05) is 0 Å². The minimum atomic E-state index is 0.139. The summed E-state index contributed by atoms with van der Waals surface area (Å²) >= 11 is 1.77. The Morgan fingerprint density at radius 1 is 1.47 bits per heavy atom. The zero-order valence-corrected chi connectivity index (χ0v) is 10.9. The highest BCUT2D eigenvalue weighted by molar-refractivity contribution is 7.98. The van der Waals surface area contributed by atoms with Gasteiger partial charge in [-0.25, -0.2) is 0 Å². The zero-order valence-electron chi connectivity index (χ0n) is 10.1. The molecule has 0 spiro atoms. The summed E-state index contributed by atoms with van der Waals surface area (Å²) in [6.45, 7) is 4.82. The third-order valence-electron chi connectivity index (χ3n) is 2.16. The quantitative estimate of drug-likeness (QED) is 0.625. The minimum Gasteiger partial charge on any atom is -0.352 e. The summed E-state index contributed by atoms with van der Waals surface area (Å²) in [5.74, 6) is 1.76. The molecule has 0 fully saturated rings. The van der Waals surface area contributed by atoms with Crippen molar-refractivity contribution in [1.29, 1.82) is 0 Å². The lowest BCUT2D eigenvalue weighted by Crippen LogP contribution is -2.40.